The lowest BCUT2D eigenvalue weighted by molar-refractivity contribution is -0.133. The first-order valence-electron chi connectivity index (χ1n) is 8.89. The molecule has 0 aromatic heterocycles. The monoisotopic (exact) mass is 374 g/mol. The van der Waals surface area contributed by atoms with Gasteiger partial charge in [-0.15, -0.1) is 12.4 Å². The molecule has 5 heteroatoms. The van der Waals surface area contributed by atoms with Gasteiger partial charge in [-0.2, -0.15) is 0 Å². The fourth-order valence-corrected chi connectivity index (χ4v) is 3.20. The van der Waals surface area contributed by atoms with Gasteiger partial charge in [0.05, 0.1) is 6.42 Å². The second-order valence-electron chi connectivity index (χ2n) is 6.74. The van der Waals surface area contributed by atoms with E-state index < -0.39 is 0 Å². The van der Waals surface area contributed by atoms with E-state index in [1.165, 1.54) is 5.56 Å². The van der Waals surface area contributed by atoms with Gasteiger partial charge in [0, 0.05) is 25.7 Å². The number of halogens is 1. The van der Waals surface area contributed by atoms with Crippen LogP contribution in [0.2, 0.25) is 0 Å². The summed E-state index contributed by atoms with van der Waals surface area (Å²) in [6.45, 7) is 7.22. The lowest BCUT2D eigenvalue weighted by Crippen LogP contribution is -2.52. The number of nitrogens with one attached hydrogen (secondary N) is 1. The summed E-state index contributed by atoms with van der Waals surface area (Å²) in [4.78, 5) is 14.5. The fourth-order valence-electron chi connectivity index (χ4n) is 3.20. The van der Waals surface area contributed by atoms with E-state index in [9.17, 15) is 4.79 Å². The molecule has 1 unspecified atom stereocenters. The zero-order valence-electron chi connectivity index (χ0n) is 15.4. The topological polar surface area (TPSA) is 41.6 Å². The molecule has 0 radical (unpaired) electrons. The number of rotatable bonds is 5. The number of benzene rings is 2. The molecule has 140 valence electrons. The van der Waals surface area contributed by atoms with Crippen LogP contribution in [0, 0.1) is 6.92 Å². The molecule has 3 rings (SSSR count). The number of ether oxygens (including phenoxy) is 1. The Morgan fingerprint density at radius 1 is 1.19 bits per heavy atom. The van der Waals surface area contributed by atoms with Crippen LogP contribution < -0.4 is 10.1 Å². The van der Waals surface area contributed by atoms with Gasteiger partial charge in [0.2, 0.25) is 5.91 Å². The summed E-state index contributed by atoms with van der Waals surface area (Å²) in [6.07, 6.45) is 0.423. The molecule has 1 N–H and O–H groups in total. The van der Waals surface area contributed by atoms with Gasteiger partial charge in [-0.25, -0.2) is 0 Å². The third-order valence-corrected chi connectivity index (χ3v) is 4.56. The highest BCUT2D eigenvalue weighted by Crippen LogP contribution is 2.17. The molecule has 0 spiro atoms. The lowest BCUT2D eigenvalue weighted by Gasteiger charge is -2.34. The number of hydrogen-bond donors (Lipinski definition) is 1. The molecule has 1 amide bonds. The Morgan fingerprint density at radius 3 is 2.73 bits per heavy atom. The highest BCUT2D eigenvalue weighted by molar-refractivity contribution is 5.85. The number of nitrogens with zero attached hydrogens (tertiary/aromatic N) is 1. The molecule has 1 atom stereocenters. The van der Waals surface area contributed by atoms with Crippen molar-refractivity contribution >= 4 is 18.3 Å². The fraction of sp³-hybridized carbons (Fsp3) is 0.381. The molecule has 0 bridgehead atoms. The lowest BCUT2D eigenvalue weighted by atomic mass is 10.1. The number of carbonyl (C=O) groups is 1. The zero-order chi connectivity index (χ0) is 17.6. The first-order valence-corrected chi connectivity index (χ1v) is 8.89. The van der Waals surface area contributed by atoms with Gasteiger partial charge in [-0.05, 0) is 37.1 Å². The summed E-state index contributed by atoms with van der Waals surface area (Å²) < 4.78 is 5.90. The molecule has 2 aromatic carbocycles. The zero-order valence-corrected chi connectivity index (χ0v) is 16.2. The van der Waals surface area contributed by atoms with Crippen LogP contribution in [0.1, 0.15) is 23.6 Å². The molecule has 4 nitrogen and oxygen atoms in total. The first-order chi connectivity index (χ1) is 12.1. The van der Waals surface area contributed by atoms with E-state index in [4.69, 9.17) is 4.74 Å². The van der Waals surface area contributed by atoms with E-state index in [0.29, 0.717) is 13.0 Å². The molecule has 1 aliphatic heterocycles. The van der Waals surface area contributed by atoms with E-state index in [2.05, 4.69) is 37.4 Å². The molecular weight excluding hydrogens is 348 g/mol. The van der Waals surface area contributed by atoms with Crippen molar-refractivity contribution in [3.8, 4) is 5.75 Å². The highest BCUT2D eigenvalue weighted by atomic mass is 35.5. The average molecular weight is 375 g/mol. The van der Waals surface area contributed by atoms with Crippen molar-refractivity contribution in [1.82, 2.24) is 10.2 Å². The summed E-state index contributed by atoms with van der Waals surface area (Å²) >= 11 is 0. The largest absolute Gasteiger partial charge is 0.489 e. The number of piperazine rings is 1. The average Bonchev–Trinajstić information content (AvgIpc) is 2.61. The Bertz CT molecular complexity index is 735. The van der Waals surface area contributed by atoms with Crippen molar-refractivity contribution in [1.29, 1.82) is 0 Å². The van der Waals surface area contributed by atoms with Gasteiger partial charge >= 0.3 is 0 Å². The van der Waals surface area contributed by atoms with Crippen LogP contribution in [-0.2, 0) is 17.8 Å². The van der Waals surface area contributed by atoms with Gasteiger partial charge < -0.3 is 15.0 Å². The third kappa shape index (κ3) is 5.48. The van der Waals surface area contributed by atoms with Gasteiger partial charge in [-0.3, -0.25) is 4.79 Å². The summed E-state index contributed by atoms with van der Waals surface area (Å²) in [5, 5.41) is 3.31. The summed E-state index contributed by atoms with van der Waals surface area (Å²) in [5.74, 6) is 0.991. The number of hydrogen-bond acceptors (Lipinski definition) is 3. The van der Waals surface area contributed by atoms with E-state index in [-0.39, 0.29) is 24.4 Å². The van der Waals surface area contributed by atoms with Crippen LogP contribution in [0.25, 0.3) is 0 Å². The minimum absolute atomic E-state index is 0. The molecule has 1 heterocycles. The van der Waals surface area contributed by atoms with Crippen molar-refractivity contribution < 1.29 is 9.53 Å². The quantitative estimate of drug-likeness (QED) is 0.872. The van der Waals surface area contributed by atoms with Crippen molar-refractivity contribution in [2.24, 2.45) is 0 Å². The molecule has 26 heavy (non-hydrogen) atoms. The molecule has 0 saturated carbocycles. The molecule has 1 fully saturated rings. The van der Waals surface area contributed by atoms with Gasteiger partial charge in [-0.1, -0.05) is 42.0 Å². The Kier molecular flexibility index (Phi) is 7.49. The van der Waals surface area contributed by atoms with Crippen molar-refractivity contribution in [2.75, 3.05) is 19.6 Å². The van der Waals surface area contributed by atoms with Crippen LogP contribution in [0.4, 0.5) is 0 Å². The van der Waals surface area contributed by atoms with Crippen LogP contribution in [-0.4, -0.2) is 36.5 Å². The maximum Gasteiger partial charge on any atom is 0.227 e. The Labute approximate surface area is 162 Å². The highest BCUT2D eigenvalue weighted by Gasteiger charge is 2.22. The maximum absolute atomic E-state index is 12.6. The number of carbonyl (C=O) groups excluding carboxylic acids is 1. The van der Waals surface area contributed by atoms with Crippen LogP contribution in [0.5, 0.6) is 5.75 Å². The van der Waals surface area contributed by atoms with E-state index in [0.717, 1.165) is 36.5 Å². The minimum Gasteiger partial charge on any atom is -0.489 e. The molecular formula is C21H27ClN2O2. The maximum atomic E-state index is 12.6. The number of amides is 1. The Morgan fingerprint density at radius 2 is 1.96 bits per heavy atom. The molecule has 1 saturated heterocycles. The van der Waals surface area contributed by atoms with Gasteiger partial charge in [0.25, 0.3) is 0 Å². The summed E-state index contributed by atoms with van der Waals surface area (Å²) in [6, 6.07) is 16.4. The second kappa shape index (κ2) is 9.60. The van der Waals surface area contributed by atoms with Gasteiger partial charge in [0.15, 0.2) is 0 Å². The standard InChI is InChI=1S/C21H26N2O2.ClH/c1-16-5-3-7-19(11-16)15-25-20-8-4-6-18(12-20)13-21(24)23-10-9-22-14-17(23)2;/h3-8,11-12,17,22H,9-10,13-15H2,1-2H3;1H. The predicted molar refractivity (Wildman–Crippen MR) is 107 cm³/mol. The Balaban J connectivity index is 0.00000243. The van der Waals surface area contributed by atoms with Gasteiger partial charge in [0.1, 0.15) is 12.4 Å². The SMILES string of the molecule is Cc1cccc(COc2cccc(CC(=O)N3CCNCC3C)c2)c1.Cl. The van der Waals surface area contributed by atoms with E-state index in [1.807, 2.05) is 35.2 Å². The van der Waals surface area contributed by atoms with Crippen LogP contribution >= 0.6 is 12.4 Å². The molecule has 1 aliphatic rings. The third-order valence-electron chi connectivity index (χ3n) is 4.56. The first kappa shape index (κ1) is 20.3. The normalized spacial score (nSPS) is 16.7. The smallest absolute Gasteiger partial charge is 0.227 e. The van der Waals surface area contributed by atoms with Crippen LogP contribution in [0.15, 0.2) is 48.5 Å². The van der Waals surface area contributed by atoms with Crippen molar-refractivity contribution in [3.63, 3.8) is 0 Å². The van der Waals surface area contributed by atoms with Crippen molar-refractivity contribution in [2.45, 2.75) is 32.9 Å². The van der Waals surface area contributed by atoms with E-state index in [1.54, 1.807) is 0 Å². The molecule has 2 aromatic rings. The predicted octanol–water partition coefficient (Wildman–Crippen LogP) is 3.36. The van der Waals surface area contributed by atoms with Crippen molar-refractivity contribution in [3.05, 3.63) is 65.2 Å². The second-order valence-corrected chi connectivity index (χ2v) is 6.74. The Hall–Kier alpha value is -2.04. The van der Waals surface area contributed by atoms with E-state index >= 15 is 0 Å². The molecule has 0 aliphatic carbocycles. The number of aryl methyl sites for hydroxylation is 1. The minimum atomic E-state index is 0. The summed E-state index contributed by atoms with van der Waals surface area (Å²) in [7, 11) is 0. The summed E-state index contributed by atoms with van der Waals surface area (Å²) in [5.41, 5.74) is 3.37. The van der Waals surface area contributed by atoms with Crippen LogP contribution in [0.3, 0.4) is 0 Å².